The van der Waals surface area contributed by atoms with Crippen LogP contribution in [0.4, 0.5) is 0 Å². The molecular formula is C8H13N3O2S. The summed E-state index contributed by atoms with van der Waals surface area (Å²) >= 11 is 0. The lowest BCUT2D eigenvalue weighted by Crippen LogP contribution is -2.48. The summed E-state index contributed by atoms with van der Waals surface area (Å²) in [6.45, 7) is 4.62. The van der Waals surface area contributed by atoms with Crippen molar-refractivity contribution in [2.75, 3.05) is 26.2 Å². The second-order valence-corrected chi connectivity index (χ2v) is 5.41. The van der Waals surface area contributed by atoms with Crippen molar-refractivity contribution in [3.8, 4) is 0 Å². The van der Waals surface area contributed by atoms with Gasteiger partial charge in [-0.15, -0.1) is 0 Å². The molecule has 1 fully saturated rings. The van der Waals surface area contributed by atoms with Gasteiger partial charge in [0.25, 0.3) is 0 Å². The second kappa shape index (κ2) is 3.36. The molecule has 0 aromatic carbocycles. The van der Waals surface area contributed by atoms with Crippen LogP contribution in [0.25, 0.3) is 0 Å². The van der Waals surface area contributed by atoms with E-state index in [1.54, 1.807) is 6.92 Å². The fourth-order valence-electron chi connectivity index (χ4n) is 1.54. The Balaban J connectivity index is 2.22. The fourth-order valence-corrected chi connectivity index (χ4v) is 2.73. The monoisotopic (exact) mass is 215 g/mol. The van der Waals surface area contributed by atoms with Gasteiger partial charge in [-0.05, 0) is 6.92 Å². The number of piperazine rings is 1. The van der Waals surface area contributed by atoms with Crippen LogP contribution in [0.3, 0.4) is 0 Å². The first-order valence-electron chi connectivity index (χ1n) is 4.58. The molecule has 2 rings (SSSR count). The second-order valence-electron chi connectivity index (χ2n) is 3.39. The van der Waals surface area contributed by atoms with Gasteiger partial charge in [-0.1, -0.05) is 0 Å². The van der Waals surface area contributed by atoms with E-state index < -0.39 is 9.84 Å². The van der Waals surface area contributed by atoms with Crippen molar-refractivity contribution in [2.45, 2.75) is 6.92 Å². The molecule has 2 aliphatic rings. The lowest BCUT2D eigenvalue weighted by molar-refractivity contribution is 0.361. The summed E-state index contributed by atoms with van der Waals surface area (Å²) in [5.41, 5.74) is 0. The van der Waals surface area contributed by atoms with E-state index in [-0.39, 0.29) is 5.17 Å². The number of allylic oxidation sites excluding steroid dienone is 1. The SMILES string of the molecule is CC1=CN=C(N2CCNCC2)S1(=O)=O. The van der Waals surface area contributed by atoms with Gasteiger partial charge in [-0.25, -0.2) is 13.4 Å². The van der Waals surface area contributed by atoms with Gasteiger partial charge < -0.3 is 10.2 Å². The highest BCUT2D eigenvalue weighted by Gasteiger charge is 2.31. The summed E-state index contributed by atoms with van der Waals surface area (Å²) in [4.78, 5) is 6.12. The minimum atomic E-state index is -3.26. The van der Waals surface area contributed by atoms with Gasteiger partial charge in [-0.3, -0.25) is 0 Å². The van der Waals surface area contributed by atoms with Crippen LogP contribution < -0.4 is 5.32 Å². The summed E-state index contributed by atoms with van der Waals surface area (Å²) in [5, 5.41) is 3.39. The van der Waals surface area contributed by atoms with E-state index in [0.29, 0.717) is 18.0 Å². The molecule has 6 heteroatoms. The molecule has 0 aliphatic carbocycles. The van der Waals surface area contributed by atoms with Crippen molar-refractivity contribution in [2.24, 2.45) is 4.99 Å². The van der Waals surface area contributed by atoms with Gasteiger partial charge in [0.05, 0.1) is 4.91 Å². The van der Waals surface area contributed by atoms with Crippen LogP contribution in [-0.2, 0) is 9.84 Å². The van der Waals surface area contributed by atoms with Gasteiger partial charge in [0, 0.05) is 32.4 Å². The summed E-state index contributed by atoms with van der Waals surface area (Å²) in [6.07, 6.45) is 1.42. The maximum Gasteiger partial charge on any atom is 0.237 e. The number of nitrogens with one attached hydrogen (secondary N) is 1. The van der Waals surface area contributed by atoms with Gasteiger partial charge in [0.15, 0.2) is 0 Å². The molecule has 0 unspecified atom stereocenters. The lowest BCUT2D eigenvalue weighted by atomic mass is 10.4. The van der Waals surface area contributed by atoms with Crippen molar-refractivity contribution in [3.63, 3.8) is 0 Å². The molecule has 1 N–H and O–H groups in total. The minimum Gasteiger partial charge on any atom is -0.344 e. The molecule has 2 heterocycles. The predicted octanol–water partition coefficient (Wildman–Crippen LogP) is -0.463. The van der Waals surface area contributed by atoms with E-state index in [1.807, 2.05) is 4.90 Å². The van der Waals surface area contributed by atoms with Crippen molar-refractivity contribution in [3.05, 3.63) is 11.1 Å². The molecule has 0 atom stereocenters. The highest BCUT2D eigenvalue weighted by molar-refractivity contribution is 8.09. The first-order chi connectivity index (χ1) is 6.62. The number of sulfone groups is 1. The van der Waals surface area contributed by atoms with E-state index in [2.05, 4.69) is 10.3 Å². The maximum absolute atomic E-state index is 11.7. The third kappa shape index (κ3) is 1.44. The zero-order chi connectivity index (χ0) is 10.2. The highest BCUT2D eigenvalue weighted by Crippen LogP contribution is 2.18. The molecular weight excluding hydrogens is 202 g/mol. The quantitative estimate of drug-likeness (QED) is 0.594. The van der Waals surface area contributed by atoms with Crippen LogP contribution in [0.1, 0.15) is 6.92 Å². The van der Waals surface area contributed by atoms with E-state index in [4.69, 9.17) is 0 Å². The summed E-state index contributed by atoms with van der Waals surface area (Å²) in [5.74, 6) is 0. The molecule has 5 nitrogen and oxygen atoms in total. The fraction of sp³-hybridized carbons (Fsp3) is 0.625. The zero-order valence-corrected chi connectivity index (χ0v) is 8.84. The largest absolute Gasteiger partial charge is 0.344 e. The Labute approximate surface area is 83.4 Å². The van der Waals surface area contributed by atoms with Crippen molar-refractivity contribution in [1.29, 1.82) is 0 Å². The third-order valence-electron chi connectivity index (χ3n) is 2.41. The number of nitrogens with zero attached hydrogens (tertiary/aromatic N) is 2. The first-order valence-corrected chi connectivity index (χ1v) is 6.06. The van der Waals surface area contributed by atoms with Crippen LogP contribution in [0.5, 0.6) is 0 Å². The van der Waals surface area contributed by atoms with Crippen molar-refractivity contribution in [1.82, 2.24) is 10.2 Å². The highest BCUT2D eigenvalue weighted by atomic mass is 32.2. The number of rotatable bonds is 0. The zero-order valence-electron chi connectivity index (χ0n) is 8.02. The normalized spacial score (nSPS) is 25.9. The van der Waals surface area contributed by atoms with Gasteiger partial charge in [-0.2, -0.15) is 0 Å². The summed E-state index contributed by atoms with van der Waals surface area (Å²) < 4.78 is 23.5. The average Bonchev–Trinajstić information content (AvgIpc) is 2.44. The number of aliphatic imine (C=N–C) groups is 1. The van der Waals surface area contributed by atoms with Gasteiger partial charge in [0.1, 0.15) is 0 Å². The Hall–Kier alpha value is -0.880. The standard InChI is InChI=1S/C8H13N3O2S/c1-7-6-10-8(14(7,12)13)11-4-2-9-3-5-11/h6,9H,2-5H2,1H3. The molecule has 0 amide bonds. The predicted molar refractivity (Wildman–Crippen MR) is 54.6 cm³/mol. The third-order valence-corrected chi connectivity index (χ3v) is 4.21. The molecule has 0 radical (unpaired) electrons. The van der Waals surface area contributed by atoms with Crippen LogP contribution in [0, 0.1) is 0 Å². The first kappa shape index (κ1) is 9.67. The van der Waals surface area contributed by atoms with Crippen LogP contribution in [-0.4, -0.2) is 44.7 Å². The average molecular weight is 215 g/mol. The molecule has 0 saturated carbocycles. The van der Waals surface area contributed by atoms with Crippen LogP contribution in [0.2, 0.25) is 0 Å². The van der Waals surface area contributed by atoms with E-state index in [1.165, 1.54) is 6.20 Å². The Morgan fingerprint density at radius 3 is 2.57 bits per heavy atom. The number of hydrogen-bond acceptors (Lipinski definition) is 5. The molecule has 14 heavy (non-hydrogen) atoms. The number of amidine groups is 1. The minimum absolute atomic E-state index is 0.219. The Morgan fingerprint density at radius 1 is 1.43 bits per heavy atom. The van der Waals surface area contributed by atoms with Gasteiger partial charge >= 0.3 is 0 Å². The molecule has 0 bridgehead atoms. The smallest absolute Gasteiger partial charge is 0.237 e. The lowest BCUT2D eigenvalue weighted by Gasteiger charge is -2.28. The number of hydrogen-bond donors (Lipinski definition) is 1. The Bertz CT molecular complexity index is 391. The molecule has 0 aromatic rings. The van der Waals surface area contributed by atoms with Crippen LogP contribution >= 0.6 is 0 Å². The Kier molecular flexibility index (Phi) is 2.32. The molecule has 1 saturated heterocycles. The van der Waals surface area contributed by atoms with Gasteiger partial charge in [0.2, 0.25) is 15.0 Å². The Morgan fingerprint density at radius 2 is 2.07 bits per heavy atom. The van der Waals surface area contributed by atoms with E-state index in [9.17, 15) is 8.42 Å². The molecule has 0 aromatic heterocycles. The summed E-state index contributed by atoms with van der Waals surface area (Å²) in [6, 6.07) is 0. The maximum atomic E-state index is 11.7. The molecule has 2 aliphatic heterocycles. The molecule has 78 valence electrons. The van der Waals surface area contributed by atoms with E-state index >= 15 is 0 Å². The van der Waals surface area contributed by atoms with Crippen molar-refractivity contribution >= 4 is 15.0 Å². The molecule has 0 spiro atoms. The van der Waals surface area contributed by atoms with Crippen LogP contribution in [0.15, 0.2) is 16.1 Å². The van der Waals surface area contributed by atoms with E-state index in [0.717, 1.165) is 13.1 Å². The topological polar surface area (TPSA) is 61.8 Å². The van der Waals surface area contributed by atoms with Crippen molar-refractivity contribution < 1.29 is 8.42 Å². The summed E-state index contributed by atoms with van der Waals surface area (Å²) in [7, 11) is -3.26.